The van der Waals surface area contributed by atoms with E-state index in [4.69, 9.17) is 27.1 Å². The van der Waals surface area contributed by atoms with Gasteiger partial charge in [-0.2, -0.15) is 0 Å². The van der Waals surface area contributed by atoms with Gasteiger partial charge in [0, 0.05) is 6.54 Å². The van der Waals surface area contributed by atoms with E-state index in [0.29, 0.717) is 0 Å². The first kappa shape index (κ1) is 15.0. The minimum Gasteiger partial charge on any atom is -0.368 e. The van der Waals surface area contributed by atoms with E-state index in [1.807, 2.05) is 25.9 Å². The van der Waals surface area contributed by atoms with Gasteiger partial charge in [0.25, 0.3) is 0 Å². The lowest BCUT2D eigenvalue weighted by atomic mass is 10.1. The van der Waals surface area contributed by atoms with Crippen molar-refractivity contribution in [1.29, 1.82) is 0 Å². The molecule has 0 N–H and O–H groups in total. The second kappa shape index (κ2) is 7.41. The van der Waals surface area contributed by atoms with Crippen molar-refractivity contribution in [2.75, 3.05) is 33.9 Å². The molecule has 0 amide bonds. The molecule has 4 heteroatoms. The summed E-state index contributed by atoms with van der Waals surface area (Å²) >= 11 is 0. The maximum atomic E-state index is 5.86. The van der Waals surface area contributed by atoms with Crippen LogP contribution in [0, 0.1) is 24.7 Å². The van der Waals surface area contributed by atoms with Crippen LogP contribution < -0.4 is 0 Å². The first-order valence-electron chi connectivity index (χ1n) is 6.00. The van der Waals surface area contributed by atoms with Crippen molar-refractivity contribution < 1.29 is 14.2 Å². The van der Waals surface area contributed by atoms with E-state index in [-0.39, 0.29) is 37.6 Å². The molecular formula is C14H21NO3. The standard InChI is InChI=1S/C14H21NO3/c1-6-8-16-13-11(3)18-12(10-15(4)5)14(13)17-9-7-2/h1-2,11-14H,8-10H2,3-5H3/t11?,12-,13+,14-/m1/s1. The van der Waals surface area contributed by atoms with E-state index in [1.165, 1.54) is 0 Å². The van der Waals surface area contributed by atoms with Crippen LogP contribution in [-0.2, 0) is 14.2 Å². The van der Waals surface area contributed by atoms with Gasteiger partial charge in [-0.25, -0.2) is 0 Å². The summed E-state index contributed by atoms with van der Waals surface area (Å²) in [6.07, 6.45) is 10.0. The van der Waals surface area contributed by atoms with Crippen LogP contribution in [0.3, 0.4) is 0 Å². The molecule has 100 valence electrons. The Morgan fingerprint density at radius 3 is 2.17 bits per heavy atom. The van der Waals surface area contributed by atoms with E-state index in [9.17, 15) is 0 Å². The minimum absolute atomic E-state index is 0.0499. The number of likely N-dealkylation sites (N-methyl/N-ethyl adjacent to an activating group) is 1. The number of hydrogen-bond donors (Lipinski definition) is 0. The highest BCUT2D eigenvalue weighted by Gasteiger charge is 2.43. The molecule has 0 aromatic carbocycles. The SMILES string of the molecule is C#CCO[C@@H]1[C@@H](CN(C)C)OC(C)[C@@H]1OCC#C. The lowest BCUT2D eigenvalue weighted by Gasteiger charge is -2.24. The van der Waals surface area contributed by atoms with Crippen LogP contribution in [0.1, 0.15) is 6.92 Å². The zero-order valence-electron chi connectivity index (χ0n) is 11.3. The van der Waals surface area contributed by atoms with Crippen LogP contribution in [0.2, 0.25) is 0 Å². The van der Waals surface area contributed by atoms with Crippen molar-refractivity contribution in [2.45, 2.75) is 31.3 Å². The maximum Gasteiger partial charge on any atom is 0.115 e. The van der Waals surface area contributed by atoms with Crippen LogP contribution in [0.25, 0.3) is 0 Å². The molecule has 0 radical (unpaired) electrons. The molecular weight excluding hydrogens is 230 g/mol. The monoisotopic (exact) mass is 251 g/mol. The van der Waals surface area contributed by atoms with Gasteiger partial charge in [-0.1, -0.05) is 11.8 Å². The number of hydrogen-bond acceptors (Lipinski definition) is 4. The molecule has 0 spiro atoms. The zero-order chi connectivity index (χ0) is 13.5. The third kappa shape index (κ3) is 4.01. The van der Waals surface area contributed by atoms with Gasteiger partial charge in [-0.3, -0.25) is 0 Å². The van der Waals surface area contributed by atoms with Gasteiger partial charge in [0.15, 0.2) is 0 Å². The van der Waals surface area contributed by atoms with Crippen LogP contribution >= 0.6 is 0 Å². The Balaban J connectivity index is 2.68. The third-order valence-corrected chi connectivity index (χ3v) is 2.81. The molecule has 0 aliphatic carbocycles. The summed E-state index contributed by atoms with van der Waals surface area (Å²) in [6, 6.07) is 0. The molecule has 1 aliphatic heterocycles. The van der Waals surface area contributed by atoms with Crippen molar-refractivity contribution >= 4 is 0 Å². The molecule has 0 bridgehead atoms. The molecule has 1 unspecified atom stereocenters. The Hall–Kier alpha value is -1.04. The van der Waals surface area contributed by atoms with Gasteiger partial charge in [-0.05, 0) is 21.0 Å². The fourth-order valence-corrected chi connectivity index (χ4v) is 2.14. The fraction of sp³-hybridized carbons (Fsp3) is 0.714. The van der Waals surface area contributed by atoms with E-state index in [1.54, 1.807) is 0 Å². The number of nitrogens with zero attached hydrogens (tertiary/aromatic N) is 1. The summed E-state index contributed by atoms with van der Waals surface area (Å²) in [5, 5.41) is 0. The lowest BCUT2D eigenvalue weighted by Crippen LogP contribution is -2.41. The smallest absolute Gasteiger partial charge is 0.115 e. The van der Waals surface area contributed by atoms with Crippen molar-refractivity contribution in [3.63, 3.8) is 0 Å². The molecule has 0 aromatic heterocycles. The summed E-state index contributed by atoms with van der Waals surface area (Å²) in [5.41, 5.74) is 0. The topological polar surface area (TPSA) is 30.9 Å². The quantitative estimate of drug-likeness (QED) is 0.638. The Kier molecular flexibility index (Phi) is 6.18. The molecule has 18 heavy (non-hydrogen) atoms. The molecule has 0 aromatic rings. The van der Waals surface area contributed by atoms with E-state index >= 15 is 0 Å². The van der Waals surface area contributed by atoms with Gasteiger partial charge in [-0.15, -0.1) is 12.8 Å². The Morgan fingerprint density at radius 1 is 1.11 bits per heavy atom. The maximum absolute atomic E-state index is 5.86. The highest BCUT2D eigenvalue weighted by Crippen LogP contribution is 2.26. The predicted molar refractivity (Wildman–Crippen MR) is 70.0 cm³/mol. The highest BCUT2D eigenvalue weighted by molar-refractivity contribution is 4.95. The molecule has 1 rings (SSSR count). The second-order valence-corrected chi connectivity index (χ2v) is 4.60. The molecule has 0 saturated carbocycles. The van der Waals surface area contributed by atoms with E-state index < -0.39 is 0 Å². The van der Waals surface area contributed by atoms with Crippen LogP contribution in [0.4, 0.5) is 0 Å². The third-order valence-electron chi connectivity index (χ3n) is 2.81. The van der Waals surface area contributed by atoms with E-state index in [2.05, 4.69) is 11.8 Å². The molecule has 1 aliphatic rings. The van der Waals surface area contributed by atoms with Crippen LogP contribution in [0.5, 0.6) is 0 Å². The zero-order valence-corrected chi connectivity index (χ0v) is 11.3. The van der Waals surface area contributed by atoms with E-state index in [0.717, 1.165) is 6.54 Å². The summed E-state index contributed by atoms with van der Waals surface area (Å²) in [6.45, 7) is 3.22. The first-order chi connectivity index (χ1) is 8.60. The number of rotatable bonds is 6. The van der Waals surface area contributed by atoms with Gasteiger partial charge in [0.2, 0.25) is 0 Å². The molecule has 1 fully saturated rings. The summed E-state index contributed by atoms with van der Waals surface area (Å²) < 4.78 is 17.1. The average Bonchev–Trinajstić information content (AvgIpc) is 2.59. The summed E-state index contributed by atoms with van der Waals surface area (Å²) in [7, 11) is 3.98. The molecule has 1 heterocycles. The summed E-state index contributed by atoms with van der Waals surface area (Å²) in [4.78, 5) is 2.05. The molecule has 4 atom stereocenters. The van der Waals surface area contributed by atoms with Crippen molar-refractivity contribution in [2.24, 2.45) is 0 Å². The number of ether oxygens (including phenoxy) is 3. The number of terminal acetylenes is 2. The predicted octanol–water partition coefficient (Wildman–Crippen LogP) is 0.372. The Bertz CT molecular complexity index is 329. The fourth-order valence-electron chi connectivity index (χ4n) is 2.14. The van der Waals surface area contributed by atoms with Gasteiger partial charge in [0.1, 0.15) is 25.4 Å². The molecule has 1 saturated heterocycles. The van der Waals surface area contributed by atoms with Gasteiger partial charge >= 0.3 is 0 Å². The average molecular weight is 251 g/mol. The van der Waals surface area contributed by atoms with Crippen molar-refractivity contribution in [3.05, 3.63) is 0 Å². The largest absolute Gasteiger partial charge is 0.368 e. The Morgan fingerprint density at radius 2 is 1.67 bits per heavy atom. The van der Waals surface area contributed by atoms with Crippen molar-refractivity contribution in [1.82, 2.24) is 4.90 Å². The summed E-state index contributed by atoms with van der Waals surface area (Å²) in [5.74, 6) is 4.94. The van der Waals surface area contributed by atoms with Crippen molar-refractivity contribution in [3.8, 4) is 24.7 Å². The molecule has 4 nitrogen and oxygen atoms in total. The second-order valence-electron chi connectivity index (χ2n) is 4.60. The first-order valence-corrected chi connectivity index (χ1v) is 6.00. The van der Waals surface area contributed by atoms with Crippen LogP contribution in [0.15, 0.2) is 0 Å². The highest BCUT2D eigenvalue weighted by atomic mass is 16.6. The van der Waals surface area contributed by atoms with Gasteiger partial charge in [0.05, 0.1) is 12.2 Å². The normalized spacial score (nSPS) is 31.2. The minimum atomic E-state index is -0.174. The Labute approximate surface area is 110 Å². The lowest BCUT2D eigenvalue weighted by molar-refractivity contribution is -0.0493. The van der Waals surface area contributed by atoms with Crippen LogP contribution in [-0.4, -0.2) is 63.2 Å². The van der Waals surface area contributed by atoms with Gasteiger partial charge < -0.3 is 19.1 Å².